The molecule has 1 amide bonds. The minimum absolute atomic E-state index is 0.135. The number of hydrogen-bond donors (Lipinski definition) is 1. The number of benzene rings is 1. The fourth-order valence-corrected chi connectivity index (χ4v) is 1.41. The summed E-state index contributed by atoms with van der Waals surface area (Å²) in [6, 6.07) is 7.00. The van der Waals surface area contributed by atoms with Gasteiger partial charge in [-0.05, 0) is 24.3 Å². The van der Waals surface area contributed by atoms with Gasteiger partial charge in [0.2, 0.25) is 5.91 Å². The van der Waals surface area contributed by atoms with Crippen molar-refractivity contribution in [2.45, 2.75) is 6.42 Å². The van der Waals surface area contributed by atoms with Gasteiger partial charge in [0.15, 0.2) is 0 Å². The van der Waals surface area contributed by atoms with Gasteiger partial charge in [-0.25, -0.2) is 0 Å². The van der Waals surface area contributed by atoms with Crippen LogP contribution in [0.5, 0.6) is 11.5 Å². The maximum absolute atomic E-state index is 11.5. The minimum atomic E-state index is -1.04. The molecule has 1 rings (SSSR count). The average molecular weight is 267 g/mol. The third-order valence-corrected chi connectivity index (χ3v) is 2.44. The Bertz CT molecular complexity index is 429. The van der Waals surface area contributed by atoms with Crippen molar-refractivity contribution in [2.75, 3.05) is 27.3 Å². The van der Waals surface area contributed by atoms with Gasteiger partial charge in [0.05, 0.1) is 20.1 Å². The van der Waals surface area contributed by atoms with Crippen molar-refractivity contribution in [2.24, 2.45) is 0 Å². The summed E-state index contributed by atoms with van der Waals surface area (Å²) in [5.41, 5.74) is 0. The van der Waals surface area contributed by atoms with Crippen LogP contribution in [0.2, 0.25) is 0 Å². The number of carboxylic acids is 1. The molecule has 0 saturated carbocycles. The fourth-order valence-electron chi connectivity index (χ4n) is 1.41. The van der Waals surface area contributed by atoms with Crippen molar-refractivity contribution in [3.8, 4) is 11.5 Å². The van der Waals surface area contributed by atoms with Gasteiger partial charge in [-0.3, -0.25) is 9.59 Å². The van der Waals surface area contributed by atoms with E-state index in [1.807, 2.05) is 0 Å². The Kier molecular flexibility index (Phi) is 5.66. The number of nitrogens with zero attached hydrogens (tertiary/aromatic N) is 1. The Morgan fingerprint density at radius 1 is 1.21 bits per heavy atom. The van der Waals surface area contributed by atoms with Crippen LogP contribution >= 0.6 is 0 Å². The third kappa shape index (κ3) is 5.29. The smallest absolute Gasteiger partial charge is 0.323 e. The molecule has 6 heteroatoms. The van der Waals surface area contributed by atoms with Crippen LogP contribution in [0.25, 0.3) is 0 Å². The van der Waals surface area contributed by atoms with Gasteiger partial charge in [-0.15, -0.1) is 0 Å². The van der Waals surface area contributed by atoms with Gasteiger partial charge in [0.25, 0.3) is 0 Å². The quantitative estimate of drug-likeness (QED) is 0.797. The summed E-state index contributed by atoms with van der Waals surface area (Å²) in [6.45, 7) is -0.101. The molecule has 0 aliphatic carbocycles. The van der Waals surface area contributed by atoms with E-state index in [0.29, 0.717) is 5.75 Å². The van der Waals surface area contributed by atoms with Gasteiger partial charge < -0.3 is 19.5 Å². The van der Waals surface area contributed by atoms with Crippen LogP contribution in [0.3, 0.4) is 0 Å². The van der Waals surface area contributed by atoms with Crippen molar-refractivity contribution in [1.29, 1.82) is 0 Å². The van der Waals surface area contributed by atoms with Crippen molar-refractivity contribution in [3.05, 3.63) is 24.3 Å². The number of carbonyl (C=O) groups is 2. The predicted octanol–water partition coefficient (Wildman–Crippen LogP) is 1.01. The summed E-state index contributed by atoms with van der Waals surface area (Å²) >= 11 is 0. The number of methoxy groups -OCH3 is 1. The second-order valence-electron chi connectivity index (χ2n) is 3.92. The molecule has 0 heterocycles. The monoisotopic (exact) mass is 267 g/mol. The molecule has 104 valence electrons. The molecule has 0 atom stereocenters. The van der Waals surface area contributed by atoms with Crippen LogP contribution in [0.4, 0.5) is 0 Å². The first-order valence-corrected chi connectivity index (χ1v) is 5.75. The van der Waals surface area contributed by atoms with E-state index in [-0.39, 0.29) is 25.5 Å². The molecule has 6 nitrogen and oxygen atoms in total. The molecule has 0 aliphatic rings. The molecule has 0 aliphatic heterocycles. The largest absolute Gasteiger partial charge is 0.497 e. The summed E-state index contributed by atoms with van der Waals surface area (Å²) in [7, 11) is 3.02. The van der Waals surface area contributed by atoms with Crippen LogP contribution in [-0.4, -0.2) is 49.2 Å². The first-order valence-electron chi connectivity index (χ1n) is 5.75. The van der Waals surface area contributed by atoms with E-state index in [2.05, 4.69) is 0 Å². The Morgan fingerprint density at radius 2 is 1.79 bits per heavy atom. The SMILES string of the molecule is COc1ccc(OCCC(=O)N(C)CC(=O)O)cc1. The number of rotatable bonds is 7. The predicted molar refractivity (Wildman–Crippen MR) is 68.4 cm³/mol. The van der Waals surface area contributed by atoms with Gasteiger partial charge in [0, 0.05) is 7.05 Å². The number of ether oxygens (including phenoxy) is 2. The number of amides is 1. The Balaban J connectivity index is 2.32. The summed E-state index contributed by atoms with van der Waals surface area (Å²) in [5, 5.41) is 8.55. The van der Waals surface area contributed by atoms with E-state index < -0.39 is 5.97 Å². The lowest BCUT2D eigenvalue weighted by molar-refractivity contribution is -0.143. The molecule has 1 aromatic rings. The Hall–Kier alpha value is -2.24. The summed E-state index contributed by atoms with van der Waals surface area (Å²) in [4.78, 5) is 23.1. The number of carbonyl (C=O) groups excluding carboxylic acids is 1. The van der Waals surface area contributed by atoms with Crippen LogP contribution in [0, 0.1) is 0 Å². The maximum atomic E-state index is 11.5. The Labute approximate surface area is 111 Å². The van der Waals surface area contributed by atoms with Gasteiger partial charge >= 0.3 is 5.97 Å². The van der Waals surface area contributed by atoms with Crippen LogP contribution < -0.4 is 9.47 Å². The lowest BCUT2D eigenvalue weighted by Gasteiger charge is -2.14. The van der Waals surface area contributed by atoms with E-state index in [1.165, 1.54) is 7.05 Å². The molecular weight excluding hydrogens is 250 g/mol. The molecule has 0 fully saturated rings. The highest BCUT2D eigenvalue weighted by Gasteiger charge is 2.11. The van der Waals surface area contributed by atoms with Crippen LogP contribution in [-0.2, 0) is 9.59 Å². The normalized spacial score (nSPS) is 9.79. The lowest BCUT2D eigenvalue weighted by Crippen LogP contribution is -2.32. The molecule has 1 N–H and O–H groups in total. The zero-order valence-electron chi connectivity index (χ0n) is 11.0. The fraction of sp³-hybridized carbons (Fsp3) is 0.385. The van der Waals surface area contributed by atoms with Crippen molar-refractivity contribution >= 4 is 11.9 Å². The molecule has 0 bridgehead atoms. The first-order chi connectivity index (χ1) is 9.02. The van der Waals surface area contributed by atoms with E-state index in [0.717, 1.165) is 10.6 Å². The lowest BCUT2D eigenvalue weighted by atomic mass is 10.3. The van der Waals surface area contributed by atoms with Crippen molar-refractivity contribution < 1.29 is 24.2 Å². The van der Waals surface area contributed by atoms with E-state index in [1.54, 1.807) is 31.4 Å². The number of aliphatic carboxylic acids is 1. The molecular formula is C13H17NO5. The zero-order chi connectivity index (χ0) is 14.3. The molecule has 0 unspecified atom stereocenters. The van der Waals surface area contributed by atoms with Crippen molar-refractivity contribution in [3.63, 3.8) is 0 Å². The van der Waals surface area contributed by atoms with E-state index in [9.17, 15) is 9.59 Å². The van der Waals surface area contributed by atoms with Gasteiger partial charge in [-0.1, -0.05) is 0 Å². The summed E-state index contributed by atoms with van der Waals surface area (Å²) < 4.78 is 10.4. The van der Waals surface area contributed by atoms with E-state index in [4.69, 9.17) is 14.6 Å². The minimum Gasteiger partial charge on any atom is -0.497 e. The Morgan fingerprint density at radius 3 is 2.32 bits per heavy atom. The molecule has 1 aromatic carbocycles. The second kappa shape index (κ2) is 7.25. The van der Waals surface area contributed by atoms with Crippen LogP contribution in [0.1, 0.15) is 6.42 Å². The van der Waals surface area contributed by atoms with Gasteiger partial charge in [-0.2, -0.15) is 0 Å². The highest BCUT2D eigenvalue weighted by molar-refractivity contribution is 5.81. The number of likely N-dealkylation sites (N-methyl/N-ethyl adjacent to an activating group) is 1. The zero-order valence-corrected chi connectivity index (χ0v) is 11.0. The van der Waals surface area contributed by atoms with E-state index >= 15 is 0 Å². The first kappa shape index (κ1) is 14.8. The third-order valence-electron chi connectivity index (χ3n) is 2.44. The highest BCUT2D eigenvalue weighted by atomic mass is 16.5. The number of hydrogen-bond acceptors (Lipinski definition) is 4. The topological polar surface area (TPSA) is 76.1 Å². The van der Waals surface area contributed by atoms with Gasteiger partial charge in [0.1, 0.15) is 18.0 Å². The maximum Gasteiger partial charge on any atom is 0.323 e. The summed E-state index contributed by atoms with van der Waals surface area (Å²) in [6.07, 6.45) is 0.135. The molecule has 0 aromatic heterocycles. The second-order valence-corrected chi connectivity index (χ2v) is 3.92. The molecule has 0 spiro atoms. The number of carboxylic acid groups (broad SMARTS) is 1. The van der Waals surface area contributed by atoms with Crippen molar-refractivity contribution in [1.82, 2.24) is 4.90 Å². The standard InChI is InChI=1S/C13H17NO5/c1-14(9-13(16)17)12(15)7-8-19-11-5-3-10(18-2)4-6-11/h3-6H,7-9H2,1-2H3,(H,16,17). The average Bonchev–Trinajstić information content (AvgIpc) is 2.38. The molecule has 0 radical (unpaired) electrons. The summed E-state index contributed by atoms with van der Waals surface area (Å²) in [5.74, 6) is 0.0574. The highest BCUT2D eigenvalue weighted by Crippen LogP contribution is 2.17. The molecule has 0 saturated heterocycles. The molecule has 19 heavy (non-hydrogen) atoms. The van der Waals surface area contributed by atoms with Crippen LogP contribution in [0.15, 0.2) is 24.3 Å².